The van der Waals surface area contributed by atoms with Crippen molar-refractivity contribution < 1.29 is 0 Å². The molecule has 0 aliphatic heterocycles. The van der Waals surface area contributed by atoms with Gasteiger partial charge in [0.1, 0.15) is 0 Å². The number of hydrogen-bond donors (Lipinski definition) is 2. The second kappa shape index (κ2) is 6.53. The van der Waals surface area contributed by atoms with Crippen molar-refractivity contribution in [3.8, 4) is 0 Å². The lowest BCUT2D eigenvalue weighted by Gasteiger charge is -2.32. The SMILES string of the molecule is CC(C)(c1cccc(C(C)(C)c2ccccc2N)c1)c1ccccc1N. The van der Waals surface area contributed by atoms with Crippen LogP contribution < -0.4 is 11.5 Å². The summed E-state index contributed by atoms with van der Waals surface area (Å²) < 4.78 is 0. The van der Waals surface area contributed by atoms with Crippen molar-refractivity contribution in [2.75, 3.05) is 11.5 Å². The summed E-state index contributed by atoms with van der Waals surface area (Å²) in [6, 6.07) is 25.0. The summed E-state index contributed by atoms with van der Waals surface area (Å²) in [6.45, 7) is 8.90. The average molecular weight is 345 g/mol. The Morgan fingerprint density at radius 3 is 1.31 bits per heavy atom. The van der Waals surface area contributed by atoms with Gasteiger partial charge in [0.05, 0.1) is 0 Å². The van der Waals surface area contributed by atoms with E-state index in [1.165, 1.54) is 11.1 Å². The number of anilines is 2. The maximum absolute atomic E-state index is 6.26. The maximum Gasteiger partial charge on any atom is 0.0355 e. The van der Waals surface area contributed by atoms with E-state index in [9.17, 15) is 0 Å². The van der Waals surface area contributed by atoms with Gasteiger partial charge >= 0.3 is 0 Å². The van der Waals surface area contributed by atoms with Crippen molar-refractivity contribution in [1.29, 1.82) is 0 Å². The predicted octanol–water partition coefficient (Wildman–Crippen LogP) is 5.50. The number of para-hydroxylation sites is 2. The largest absolute Gasteiger partial charge is 0.398 e. The van der Waals surface area contributed by atoms with Gasteiger partial charge in [-0.3, -0.25) is 0 Å². The van der Waals surface area contributed by atoms with E-state index < -0.39 is 0 Å². The zero-order valence-corrected chi connectivity index (χ0v) is 16.1. The van der Waals surface area contributed by atoms with E-state index in [-0.39, 0.29) is 10.8 Å². The molecule has 0 fully saturated rings. The molecule has 2 heteroatoms. The fraction of sp³-hybridized carbons (Fsp3) is 0.250. The normalized spacial score (nSPS) is 12.2. The summed E-state index contributed by atoms with van der Waals surface area (Å²) in [6.07, 6.45) is 0. The van der Waals surface area contributed by atoms with Crippen molar-refractivity contribution >= 4 is 11.4 Å². The van der Waals surface area contributed by atoms with E-state index in [1.807, 2.05) is 36.4 Å². The summed E-state index contributed by atoms with van der Waals surface area (Å²) in [7, 11) is 0. The van der Waals surface area contributed by atoms with E-state index in [0.29, 0.717) is 0 Å². The Labute approximate surface area is 156 Å². The first-order valence-electron chi connectivity index (χ1n) is 9.05. The van der Waals surface area contributed by atoms with Gasteiger partial charge in [0.15, 0.2) is 0 Å². The minimum Gasteiger partial charge on any atom is -0.398 e. The third kappa shape index (κ3) is 3.08. The molecule has 2 nitrogen and oxygen atoms in total. The van der Waals surface area contributed by atoms with Crippen LogP contribution in [0.1, 0.15) is 49.9 Å². The monoisotopic (exact) mass is 344 g/mol. The molecule has 0 aromatic heterocycles. The number of nitrogen functional groups attached to an aromatic ring is 2. The summed E-state index contributed by atoms with van der Waals surface area (Å²) >= 11 is 0. The van der Waals surface area contributed by atoms with Crippen molar-refractivity contribution in [3.05, 3.63) is 95.1 Å². The van der Waals surface area contributed by atoms with E-state index in [1.54, 1.807) is 0 Å². The quantitative estimate of drug-likeness (QED) is 0.614. The molecule has 0 spiro atoms. The Morgan fingerprint density at radius 1 is 0.538 bits per heavy atom. The smallest absolute Gasteiger partial charge is 0.0355 e. The fourth-order valence-corrected chi connectivity index (χ4v) is 3.74. The van der Waals surface area contributed by atoms with Crippen LogP contribution >= 0.6 is 0 Å². The van der Waals surface area contributed by atoms with Crippen LogP contribution in [-0.4, -0.2) is 0 Å². The topological polar surface area (TPSA) is 52.0 Å². The molecule has 0 saturated carbocycles. The molecule has 0 radical (unpaired) electrons. The third-order valence-electron chi connectivity index (χ3n) is 5.57. The van der Waals surface area contributed by atoms with E-state index in [2.05, 4.69) is 64.1 Å². The predicted molar refractivity (Wildman–Crippen MR) is 112 cm³/mol. The molecular weight excluding hydrogens is 316 g/mol. The Morgan fingerprint density at radius 2 is 0.923 bits per heavy atom. The van der Waals surface area contributed by atoms with Crippen molar-refractivity contribution in [2.45, 2.75) is 38.5 Å². The average Bonchev–Trinajstić information content (AvgIpc) is 2.62. The molecule has 134 valence electrons. The molecular formula is C24H28N2. The molecule has 0 aliphatic carbocycles. The first-order chi connectivity index (χ1) is 12.2. The van der Waals surface area contributed by atoms with Gasteiger partial charge in [-0.15, -0.1) is 0 Å². The van der Waals surface area contributed by atoms with Gasteiger partial charge in [-0.05, 0) is 34.4 Å². The van der Waals surface area contributed by atoms with Gasteiger partial charge in [0, 0.05) is 22.2 Å². The molecule has 0 heterocycles. The van der Waals surface area contributed by atoms with Crippen LogP contribution in [0, 0.1) is 0 Å². The van der Waals surface area contributed by atoms with Crippen LogP contribution in [0.5, 0.6) is 0 Å². The molecule has 26 heavy (non-hydrogen) atoms. The van der Waals surface area contributed by atoms with Gasteiger partial charge in [-0.1, -0.05) is 88.4 Å². The molecule has 0 amide bonds. The van der Waals surface area contributed by atoms with E-state index >= 15 is 0 Å². The molecule has 3 rings (SSSR count). The molecule has 0 unspecified atom stereocenters. The Bertz CT molecular complexity index is 850. The van der Waals surface area contributed by atoms with Crippen LogP contribution in [0.25, 0.3) is 0 Å². The lowest BCUT2D eigenvalue weighted by molar-refractivity contribution is 0.620. The fourth-order valence-electron chi connectivity index (χ4n) is 3.74. The lowest BCUT2D eigenvalue weighted by atomic mass is 9.73. The van der Waals surface area contributed by atoms with Crippen molar-refractivity contribution in [3.63, 3.8) is 0 Å². The number of hydrogen-bond acceptors (Lipinski definition) is 2. The summed E-state index contributed by atoms with van der Waals surface area (Å²) in [5.41, 5.74) is 18.6. The second-order valence-corrected chi connectivity index (χ2v) is 8.01. The first kappa shape index (κ1) is 18.1. The highest BCUT2D eigenvalue weighted by atomic mass is 14.6. The zero-order valence-electron chi connectivity index (χ0n) is 16.1. The second-order valence-electron chi connectivity index (χ2n) is 8.01. The van der Waals surface area contributed by atoms with Gasteiger partial charge in [0.25, 0.3) is 0 Å². The molecule has 3 aromatic carbocycles. The Kier molecular flexibility index (Phi) is 4.53. The minimum atomic E-state index is -0.181. The number of nitrogens with two attached hydrogens (primary N) is 2. The number of benzene rings is 3. The third-order valence-corrected chi connectivity index (χ3v) is 5.57. The molecule has 0 saturated heterocycles. The van der Waals surface area contributed by atoms with Gasteiger partial charge < -0.3 is 11.5 Å². The van der Waals surface area contributed by atoms with E-state index in [0.717, 1.165) is 22.5 Å². The molecule has 4 N–H and O–H groups in total. The molecule has 0 bridgehead atoms. The highest BCUT2D eigenvalue weighted by molar-refractivity contribution is 5.57. The molecule has 0 aliphatic rings. The van der Waals surface area contributed by atoms with Gasteiger partial charge in [-0.2, -0.15) is 0 Å². The lowest BCUT2D eigenvalue weighted by Crippen LogP contribution is -2.24. The minimum absolute atomic E-state index is 0.181. The highest BCUT2D eigenvalue weighted by Gasteiger charge is 2.29. The van der Waals surface area contributed by atoms with Crippen LogP contribution in [0.15, 0.2) is 72.8 Å². The summed E-state index contributed by atoms with van der Waals surface area (Å²) in [4.78, 5) is 0. The number of rotatable bonds is 4. The Hall–Kier alpha value is -2.74. The highest BCUT2D eigenvalue weighted by Crippen LogP contribution is 2.39. The van der Waals surface area contributed by atoms with Crippen LogP contribution in [0.2, 0.25) is 0 Å². The summed E-state index contributed by atoms with van der Waals surface area (Å²) in [5, 5.41) is 0. The van der Waals surface area contributed by atoms with Crippen LogP contribution in [0.4, 0.5) is 11.4 Å². The van der Waals surface area contributed by atoms with Gasteiger partial charge in [0.2, 0.25) is 0 Å². The standard InChI is InChI=1S/C24H28N2/c1-23(2,19-12-5-7-14-21(19)25)17-10-9-11-18(16-17)24(3,4)20-13-6-8-15-22(20)26/h5-16H,25-26H2,1-4H3. The van der Waals surface area contributed by atoms with Crippen LogP contribution in [-0.2, 0) is 10.8 Å². The molecule has 0 atom stereocenters. The maximum atomic E-state index is 6.26. The zero-order chi connectivity index (χ0) is 18.9. The van der Waals surface area contributed by atoms with Gasteiger partial charge in [-0.25, -0.2) is 0 Å². The Balaban J connectivity index is 2.09. The summed E-state index contributed by atoms with van der Waals surface area (Å²) in [5.74, 6) is 0. The van der Waals surface area contributed by atoms with Crippen LogP contribution in [0.3, 0.4) is 0 Å². The molecule has 3 aromatic rings. The van der Waals surface area contributed by atoms with Crippen molar-refractivity contribution in [2.24, 2.45) is 0 Å². The van der Waals surface area contributed by atoms with Crippen molar-refractivity contribution in [1.82, 2.24) is 0 Å². The van der Waals surface area contributed by atoms with E-state index in [4.69, 9.17) is 11.5 Å². The first-order valence-corrected chi connectivity index (χ1v) is 9.05.